The van der Waals surface area contributed by atoms with Crippen molar-refractivity contribution in [2.45, 2.75) is 25.4 Å². The van der Waals surface area contributed by atoms with E-state index in [0.29, 0.717) is 28.6 Å². The predicted octanol–water partition coefficient (Wildman–Crippen LogP) is 3.96. The molecule has 3 heterocycles. The van der Waals surface area contributed by atoms with Crippen LogP contribution in [0.25, 0.3) is 10.6 Å². The number of benzene rings is 2. The van der Waals surface area contributed by atoms with Gasteiger partial charge in [-0.05, 0) is 48.7 Å². The molecule has 1 aliphatic heterocycles. The van der Waals surface area contributed by atoms with Crippen LogP contribution in [0.2, 0.25) is 0 Å². The molecule has 2 aromatic carbocycles. The normalized spacial score (nSPS) is 15.8. The number of amides is 1. The van der Waals surface area contributed by atoms with Crippen molar-refractivity contribution < 1.29 is 9.18 Å². The fourth-order valence-electron chi connectivity index (χ4n) is 4.24. The Morgan fingerprint density at radius 1 is 1.26 bits per heavy atom. The minimum absolute atomic E-state index is 0.104. The molecule has 5 rings (SSSR count). The Bertz CT molecular complexity index is 1350. The van der Waals surface area contributed by atoms with E-state index in [0.717, 1.165) is 42.7 Å². The second kappa shape index (κ2) is 9.85. The first-order valence-corrected chi connectivity index (χ1v) is 12.3. The van der Waals surface area contributed by atoms with Crippen molar-refractivity contribution in [1.82, 2.24) is 14.8 Å². The topological polar surface area (TPSA) is 115 Å². The van der Waals surface area contributed by atoms with Gasteiger partial charge < -0.3 is 21.7 Å². The lowest BCUT2D eigenvalue weighted by molar-refractivity contribution is 0.102. The lowest BCUT2D eigenvalue weighted by atomic mass is 10.1. The molecule has 0 spiro atoms. The molecule has 1 unspecified atom stereocenters. The summed E-state index contributed by atoms with van der Waals surface area (Å²) in [7, 11) is 0. The van der Waals surface area contributed by atoms with Crippen LogP contribution in [0.5, 0.6) is 0 Å². The number of thiazole rings is 1. The molecule has 1 aliphatic rings. The highest BCUT2D eigenvalue weighted by molar-refractivity contribution is 7.13. The molecule has 0 saturated carbocycles. The number of carbonyl (C=O) groups excluding carboxylic acids is 1. The third kappa shape index (κ3) is 5.33. The van der Waals surface area contributed by atoms with Crippen molar-refractivity contribution in [1.29, 1.82) is 0 Å². The number of halogens is 1. The van der Waals surface area contributed by atoms with E-state index < -0.39 is 0 Å². The molecule has 10 heteroatoms. The first-order chi connectivity index (χ1) is 16.9. The largest absolute Gasteiger partial charge is 0.399 e. The highest BCUT2D eigenvalue weighted by atomic mass is 32.1. The van der Waals surface area contributed by atoms with Crippen molar-refractivity contribution in [2.24, 2.45) is 5.73 Å². The van der Waals surface area contributed by atoms with Crippen molar-refractivity contribution in [3.8, 4) is 10.6 Å². The van der Waals surface area contributed by atoms with Gasteiger partial charge in [0.1, 0.15) is 16.5 Å². The van der Waals surface area contributed by atoms with Crippen LogP contribution in [0.3, 0.4) is 0 Å². The average Bonchev–Trinajstić information content (AvgIpc) is 3.49. The number of hydrogen-bond donors (Lipinski definition) is 3. The lowest BCUT2D eigenvalue weighted by Gasteiger charge is -2.34. The van der Waals surface area contributed by atoms with Crippen molar-refractivity contribution >= 4 is 34.3 Å². The Morgan fingerprint density at radius 3 is 2.97 bits per heavy atom. The molecule has 35 heavy (non-hydrogen) atoms. The molecule has 4 aromatic rings. The number of aromatic nitrogens is 3. The fraction of sp³-hybridized carbons (Fsp3) is 0.240. The molecule has 1 saturated heterocycles. The van der Waals surface area contributed by atoms with E-state index in [1.54, 1.807) is 28.4 Å². The average molecular weight is 492 g/mol. The number of nitrogens with zero attached hydrogens (tertiary/aromatic N) is 4. The van der Waals surface area contributed by atoms with Gasteiger partial charge in [0, 0.05) is 42.0 Å². The van der Waals surface area contributed by atoms with Gasteiger partial charge in [-0.1, -0.05) is 12.1 Å². The smallest absolute Gasteiger partial charge is 0.275 e. The van der Waals surface area contributed by atoms with E-state index in [2.05, 4.69) is 20.3 Å². The Hall–Kier alpha value is -3.76. The number of carbonyl (C=O) groups is 1. The van der Waals surface area contributed by atoms with Crippen molar-refractivity contribution in [3.63, 3.8) is 0 Å². The Balaban J connectivity index is 1.31. The van der Waals surface area contributed by atoms with Gasteiger partial charge in [0.15, 0.2) is 0 Å². The van der Waals surface area contributed by atoms with Gasteiger partial charge in [-0.2, -0.15) is 5.10 Å². The number of rotatable bonds is 6. The molecule has 1 atom stereocenters. The second-order valence-electron chi connectivity index (χ2n) is 8.67. The highest BCUT2D eigenvalue weighted by Gasteiger charge is 2.21. The highest BCUT2D eigenvalue weighted by Crippen LogP contribution is 2.31. The van der Waals surface area contributed by atoms with E-state index in [1.165, 1.54) is 23.5 Å². The van der Waals surface area contributed by atoms with Crippen LogP contribution in [-0.2, 0) is 6.54 Å². The molecule has 2 aromatic heterocycles. The summed E-state index contributed by atoms with van der Waals surface area (Å²) in [6.07, 6.45) is 5.52. The van der Waals surface area contributed by atoms with E-state index in [9.17, 15) is 9.18 Å². The fourth-order valence-corrected chi connectivity index (χ4v) is 5.01. The minimum atomic E-state index is -0.312. The third-order valence-electron chi connectivity index (χ3n) is 5.92. The number of nitrogens with one attached hydrogen (secondary N) is 1. The monoisotopic (exact) mass is 491 g/mol. The minimum Gasteiger partial charge on any atom is -0.399 e. The summed E-state index contributed by atoms with van der Waals surface area (Å²) in [6, 6.07) is 12.0. The van der Waals surface area contributed by atoms with Gasteiger partial charge in [0.2, 0.25) is 0 Å². The SMILES string of the molecule is Nc1ccc(N2CCCC(N)C2)c(NC(=O)c2csc(-c3cnn(Cc4cccc(F)c4)c3)n2)c1. The van der Waals surface area contributed by atoms with Crippen LogP contribution in [0.4, 0.5) is 21.5 Å². The van der Waals surface area contributed by atoms with Gasteiger partial charge in [-0.15, -0.1) is 11.3 Å². The number of nitrogens with two attached hydrogens (primary N) is 2. The first kappa shape index (κ1) is 23.0. The summed E-state index contributed by atoms with van der Waals surface area (Å²) >= 11 is 1.36. The molecule has 8 nitrogen and oxygen atoms in total. The van der Waals surface area contributed by atoms with Gasteiger partial charge in [0.25, 0.3) is 5.91 Å². The number of piperidine rings is 1. The van der Waals surface area contributed by atoms with E-state index in [1.807, 2.05) is 24.4 Å². The van der Waals surface area contributed by atoms with Crippen molar-refractivity contribution in [3.05, 3.63) is 77.3 Å². The number of anilines is 3. The summed E-state index contributed by atoms with van der Waals surface area (Å²) in [5.41, 5.74) is 16.2. The summed E-state index contributed by atoms with van der Waals surface area (Å²) in [5, 5.41) is 9.72. The Labute approximate surface area is 206 Å². The van der Waals surface area contributed by atoms with E-state index in [-0.39, 0.29) is 17.8 Å². The van der Waals surface area contributed by atoms with Gasteiger partial charge in [-0.3, -0.25) is 9.48 Å². The number of nitrogen functional groups attached to an aromatic ring is 1. The number of hydrogen-bond acceptors (Lipinski definition) is 7. The van der Waals surface area contributed by atoms with Crippen LogP contribution in [0.1, 0.15) is 28.9 Å². The molecule has 0 radical (unpaired) electrons. The van der Waals surface area contributed by atoms with Crippen LogP contribution >= 0.6 is 11.3 Å². The maximum Gasteiger partial charge on any atom is 0.275 e. The van der Waals surface area contributed by atoms with Gasteiger partial charge in [-0.25, -0.2) is 9.37 Å². The maximum atomic E-state index is 13.5. The molecule has 1 fully saturated rings. The third-order valence-corrected chi connectivity index (χ3v) is 6.81. The van der Waals surface area contributed by atoms with Crippen LogP contribution in [0, 0.1) is 5.82 Å². The summed E-state index contributed by atoms with van der Waals surface area (Å²) < 4.78 is 15.2. The molecule has 180 valence electrons. The molecule has 5 N–H and O–H groups in total. The van der Waals surface area contributed by atoms with Crippen LogP contribution in [-0.4, -0.2) is 39.8 Å². The lowest BCUT2D eigenvalue weighted by Crippen LogP contribution is -2.43. The predicted molar refractivity (Wildman–Crippen MR) is 137 cm³/mol. The second-order valence-corrected chi connectivity index (χ2v) is 9.53. The van der Waals surface area contributed by atoms with E-state index >= 15 is 0 Å². The standard InChI is InChI=1S/C25H26FN7OS/c26-18-4-1-3-16(9-18)12-33-13-17(11-29-33)25-31-22(15-35-25)24(34)30-21-10-19(27)6-7-23(21)32-8-2-5-20(28)14-32/h1,3-4,6-7,9-11,13,15,20H,2,5,8,12,14,27-28H2,(H,30,34). The first-order valence-electron chi connectivity index (χ1n) is 11.4. The maximum absolute atomic E-state index is 13.5. The van der Waals surface area contributed by atoms with Crippen LogP contribution in [0.15, 0.2) is 60.2 Å². The summed E-state index contributed by atoms with van der Waals surface area (Å²) in [4.78, 5) is 19.7. The molecule has 0 bridgehead atoms. The quantitative estimate of drug-likeness (QED) is 0.352. The molecule has 0 aliphatic carbocycles. The Kier molecular flexibility index (Phi) is 6.47. The Morgan fingerprint density at radius 2 is 2.14 bits per heavy atom. The molecule has 1 amide bonds. The molecular weight excluding hydrogens is 465 g/mol. The zero-order chi connectivity index (χ0) is 24.4. The van der Waals surface area contributed by atoms with Gasteiger partial charge >= 0.3 is 0 Å². The van der Waals surface area contributed by atoms with Crippen molar-refractivity contribution in [2.75, 3.05) is 29.0 Å². The zero-order valence-corrected chi connectivity index (χ0v) is 19.8. The van der Waals surface area contributed by atoms with Crippen LogP contribution < -0.4 is 21.7 Å². The molecular formula is C25H26FN7OS. The summed E-state index contributed by atoms with van der Waals surface area (Å²) in [6.45, 7) is 2.04. The summed E-state index contributed by atoms with van der Waals surface area (Å²) in [5.74, 6) is -0.593. The zero-order valence-electron chi connectivity index (χ0n) is 19.0. The van der Waals surface area contributed by atoms with Gasteiger partial charge in [0.05, 0.1) is 24.1 Å². The van der Waals surface area contributed by atoms with E-state index in [4.69, 9.17) is 11.5 Å².